The van der Waals surface area contributed by atoms with Crippen molar-refractivity contribution in [1.29, 1.82) is 0 Å². The molecule has 0 bridgehead atoms. The van der Waals surface area contributed by atoms with E-state index in [1.807, 2.05) is 31.2 Å². The van der Waals surface area contributed by atoms with E-state index in [-0.39, 0.29) is 18.1 Å². The van der Waals surface area contributed by atoms with Crippen LogP contribution in [0.5, 0.6) is 0 Å². The Hall–Kier alpha value is -2.80. The summed E-state index contributed by atoms with van der Waals surface area (Å²) in [5.74, 6) is 0.204. The number of nitrogens with one attached hydrogen (secondary N) is 2. The topological polar surface area (TPSA) is 62.7 Å². The third-order valence-electron chi connectivity index (χ3n) is 4.06. The standard InChI is InChI=1S/C19H19FN4OS/c1-12-4-3-5-14(10-12)18-22-23-19(26)24(18)9-8-17(25)21-16-7-6-15(20)11-13(16)2/h3-7,10-11H,8-9H2,1-2H3,(H,21,25)(H,23,26). The van der Waals surface area contributed by atoms with Crippen LogP contribution in [0.3, 0.4) is 0 Å². The Bertz CT molecular complexity index is 1010. The van der Waals surface area contributed by atoms with Crippen LogP contribution in [0.4, 0.5) is 10.1 Å². The van der Waals surface area contributed by atoms with Crippen LogP contribution >= 0.6 is 12.2 Å². The number of hydrogen-bond donors (Lipinski definition) is 2. The maximum Gasteiger partial charge on any atom is 0.226 e. The predicted octanol–water partition coefficient (Wildman–Crippen LogP) is 4.39. The summed E-state index contributed by atoms with van der Waals surface area (Å²) in [5, 5.41) is 9.88. The van der Waals surface area contributed by atoms with Gasteiger partial charge in [-0.2, -0.15) is 5.10 Å². The fourth-order valence-electron chi connectivity index (χ4n) is 2.72. The second-order valence-electron chi connectivity index (χ2n) is 6.13. The van der Waals surface area contributed by atoms with Crippen molar-refractivity contribution in [2.45, 2.75) is 26.8 Å². The van der Waals surface area contributed by atoms with Gasteiger partial charge in [0, 0.05) is 24.2 Å². The number of aromatic nitrogens is 3. The number of carbonyl (C=O) groups excluding carboxylic acids is 1. The van der Waals surface area contributed by atoms with Crippen molar-refractivity contribution in [2.75, 3.05) is 5.32 Å². The van der Waals surface area contributed by atoms with Gasteiger partial charge in [0.15, 0.2) is 10.6 Å². The lowest BCUT2D eigenvalue weighted by molar-refractivity contribution is -0.116. The summed E-state index contributed by atoms with van der Waals surface area (Å²) in [5.41, 5.74) is 3.34. The fraction of sp³-hybridized carbons (Fsp3) is 0.211. The van der Waals surface area contributed by atoms with Gasteiger partial charge < -0.3 is 5.32 Å². The molecule has 134 valence electrons. The Morgan fingerprint density at radius 2 is 2.08 bits per heavy atom. The fourth-order valence-corrected chi connectivity index (χ4v) is 2.95. The number of carbonyl (C=O) groups is 1. The van der Waals surface area contributed by atoms with Gasteiger partial charge in [-0.25, -0.2) is 4.39 Å². The number of aromatic amines is 1. The number of amides is 1. The minimum Gasteiger partial charge on any atom is -0.326 e. The van der Waals surface area contributed by atoms with Gasteiger partial charge in [-0.05, 0) is 55.9 Å². The van der Waals surface area contributed by atoms with E-state index >= 15 is 0 Å². The van der Waals surface area contributed by atoms with Gasteiger partial charge in [-0.1, -0.05) is 23.8 Å². The highest BCUT2D eigenvalue weighted by Crippen LogP contribution is 2.19. The summed E-state index contributed by atoms with van der Waals surface area (Å²) in [6.07, 6.45) is 0.226. The summed E-state index contributed by atoms with van der Waals surface area (Å²) < 4.78 is 15.4. The lowest BCUT2D eigenvalue weighted by Crippen LogP contribution is -2.15. The molecule has 0 atom stereocenters. The number of anilines is 1. The molecule has 26 heavy (non-hydrogen) atoms. The number of aryl methyl sites for hydroxylation is 2. The smallest absolute Gasteiger partial charge is 0.226 e. The summed E-state index contributed by atoms with van der Waals surface area (Å²) in [4.78, 5) is 12.3. The third kappa shape index (κ3) is 4.05. The summed E-state index contributed by atoms with van der Waals surface area (Å²) in [7, 11) is 0. The van der Waals surface area contributed by atoms with Crippen LogP contribution in [-0.2, 0) is 11.3 Å². The molecule has 0 radical (unpaired) electrons. The summed E-state index contributed by atoms with van der Waals surface area (Å²) >= 11 is 5.29. The molecule has 1 heterocycles. The molecule has 0 fully saturated rings. The Balaban J connectivity index is 1.73. The lowest BCUT2D eigenvalue weighted by Gasteiger charge is -2.10. The quantitative estimate of drug-likeness (QED) is 0.655. The van der Waals surface area contributed by atoms with Crippen molar-refractivity contribution in [2.24, 2.45) is 0 Å². The van der Waals surface area contributed by atoms with E-state index in [4.69, 9.17) is 12.2 Å². The van der Waals surface area contributed by atoms with Gasteiger partial charge in [0.1, 0.15) is 5.82 Å². The highest BCUT2D eigenvalue weighted by atomic mass is 32.1. The first-order valence-electron chi connectivity index (χ1n) is 8.22. The Kier molecular flexibility index (Phi) is 5.27. The molecule has 0 aliphatic rings. The number of benzene rings is 2. The number of nitrogens with zero attached hydrogens (tertiary/aromatic N) is 2. The molecule has 0 unspecified atom stereocenters. The van der Waals surface area contributed by atoms with Crippen molar-refractivity contribution >= 4 is 23.8 Å². The molecule has 3 aromatic rings. The Morgan fingerprint density at radius 3 is 2.81 bits per heavy atom. The van der Waals surface area contributed by atoms with E-state index in [1.165, 1.54) is 12.1 Å². The van der Waals surface area contributed by atoms with Crippen LogP contribution in [0.1, 0.15) is 17.5 Å². The Labute approximate surface area is 155 Å². The first-order valence-corrected chi connectivity index (χ1v) is 8.63. The van der Waals surface area contributed by atoms with Crippen molar-refractivity contribution in [3.05, 3.63) is 64.2 Å². The van der Waals surface area contributed by atoms with Crippen LogP contribution in [0, 0.1) is 24.4 Å². The van der Waals surface area contributed by atoms with Crippen LogP contribution < -0.4 is 5.32 Å². The molecule has 7 heteroatoms. The zero-order valence-corrected chi connectivity index (χ0v) is 15.4. The Morgan fingerprint density at radius 1 is 1.27 bits per heavy atom. The molecule has 0 saturated heterocycles. The largest absolute Gasteiger partial charge is 0.326 e. The minimum absolute atomic E-state index is 0.169. The zero-order chi connectivity index (χ0) is 18.7. The molecule has 1 aromatic heterocycles. The SMILES string of the molecule is Cc1cccc(-c2n[nH]c(=S)n2CCC(=O)Nc2ccc(F)cc2C)c1. The predicted molar refractivity (Wildman–Crippen MR) is 102 cm³/mol. The van der Waals surface area contributed by atoms with Gasteiger partial charge >= 0.3 is 0 Å². The van der Waals surface area contributed by atoms with Crippen LogP contribution in [0.15, 0.2) is 42.5 Å². The van der Waals surface area contributed by atoms with Crippen molar-refractivity contribution in [3.8, 4) is 11.4 Å². The molecule has 1 amide bonds. The highest BCUT2D eigenvalue weighted by molar-refractivity contribution is 7.71. The molecule has 5 nitrogen and oxygen atoms in total. The van der Waals surface area contributed by atoms with Crippen molar-refractivity contribution in [1.82, 2.24) is 14.8 Å². The van der Waals surface area contributed by atoms with Gasteiger partial charge in [-0.3, -0.25) is 14.5 Å². The monoisotopic (exact) mass is 370 g/mol. The molecule has 0 spiro atoms. The first-order chi connectivity index (χ1) is 12.4. The molecular formula is C19H19FN4OS. The molecule has 0 aliphatic heterocycles. The molecule has 0 saturated carbocycles. The van der Waals surface area contributed by atoms with E-state index in [9.17, 15) is 9.18 Å². The number of halogens is 1. The number of hydrogen-bond acceptors (Lipinski definition) is 3. The number of rotatable bonds is 5. The second kappa shape index (κ2) is 7.61. The minimum atomic E-state index is -0.326. The van der Waals surface area contributed by atoms with Crippen LogP contribution in [0.2, 0.25) is 0 Å². The lowest BCUT2D eigenvalue weighted by atomic mass is 10.1. The van der Waals surface area contributed by atoms with Crippen LogP contribution in [0.25, 0.3) is 11.4 Å². The van der Waals surface area contributed by atoms with E-state index in [2.05, 4.69) is 15.5 Å². The average molecular weight is 370 g/mol. The van der Waals surface area contributed by atoms with E-state index in [0.29, 0.717) is 28.4 Å². The maximum absolute atomic E-state index is 13.2. The normalized spacial score (nSPS) is 10.7. The zero-order valence-electron chi connectivity index (χ0n) is 14.5. The van der Waals surface area contributed by atoms with Gasteiger partial charge in [0.05, 0.1) is 0 Å². The van der Waals surface area contributed by atoms with Crippen molar-refractivity contribution < 1.29 is 9.18 Å². The summed E-state index contributed by atoms with van der Waals surface area (Å²) in [6, 6.07) is 12.2. The average Bonchev–Trinajstić information content (AvgIpc) is 2.96. The van der Waals surface area contributed by atoms with Gasteiger partial charge in [0.25, 0.3) is 0 Å². The van der Waals surface area contributed by atoms with Gasteiger partial charge in [-0.15, -0.1) is 0 Å². The maximum atomic E-state index is 13.2. The number of H-pyrrole nitrogens is 1. The van der Waals surface area contributed by atoms with Crippen molar-refractivity contribution in [3.63, 3.8) is 0 Å². The third-order valence-corrected chi connectivity index (χ3v) is 4.37. The second-order valence-corrected chi connectivity index (χ2v) is 6.52. The highest BCUT2D eigenvalue weighted by Gasteiger charge is 2.11. The first kappa shape index (κ1) is 18.0. The van der Waals surface area contributed by atoms with Crippen LogP contribution in [-0.4, -0.2) is 20.7 Å². The molecule has 2 N–H and O–H groups in total. The van der Waals surface area contributed by atoms with E-state index in [0.717, 1.165) is 11.1 Å². The molecule has 2 aromatic carbocycles. The van der Waals surface area contributed by atoms with E-state index in [1.54, 1.807) is 17.6 Å². The summed E-state index contributed by atoms with van der Waals surface area (Å²) in [6.45, 7) is 4.15. The van der Waals surface area contributed by atoms with E-state index < -0.39 is 0 Å². The molecule has 3 rings (SSSR count). The van der Waals surface area contributed by atoms with Gasteiger partial charge in [0.2, 0.25) is 5.91 Å². The molecule has 0 aliphatic carbocycles. The molecular weight excluding hydrogens is 351 g/mol.